The molecule has 0 bridgehead atoms. The lowest BCUT2D eigenvalue weighted by Gasteiger charge is -2.17. The number of hydrogen-bond donors (Lipinski definition) is 2. The van der Waals surface area contributed by atoms with Gasteiger partial charge in [0.2, 0.25) is 0 Å². The highest BCUT2D eigenvalue weighted by Crippen LogP contribution is 2.25. The van der Waals surface area contributed by atoms with Crippen LogP contribution in [0.2, 0.25) is 0 Å². The molecule has 0 spiro atoms. The maximum absolute atomic E-state index is 13.6. The van der Waals surface area contributed by atoms with Gasteiger partial charge < -0.3 is 0 Å². The SMILES string of the molecule is Cc1cc(F)cc(C(NN)c2cnc3ccccc3c2)c1. The fourth-order valence-corrected chi connectivity index (χ4v) is 2.56. The summed E-state index contributed by atoms with van der Waals surface area (Å²) in [5, 5.41) is 1.03. The minimum absolute atomic E-state index is 0.265. The molecule has 3 aromatic rings. The molecule has 0 radical (unpaired) electrons. The number of hydrazine groups is 1. The normalized spacial score (nSPS) is 12.5. The number of nitrogens with two attached hydrogens (primary N) is 1. The van der Waals surface area contributed by atoms with Gasteiger partial charge in [-0.2, -0.15) is 0 Å². The molecule has 0 fully saturated rings. The average molecular weight is 281 g/mol. The number of halogens is 1. The van der Waals surface area contributed by atoms with Gasteiger partial charge in [-0.3, -0.25) is 10.8 Å². The Bertz CT molecular complexity index is 766. The van der Waals surface area contributed by atoms with E-state index in [4.69, 9.17) is 5.84 Å². The van der Waals surface area contributed by atoms with Crippen LogP contribution in [0.1, 0.15) is 22.7 Å². The molecule has 1 unspecified atom stereocenters. The molecule has 0 aliphatic heterocycles. The monoisotopic (exact) mass is 281 g/mol. The summed E-state index contributed by atoms with van der Waals surface area (Å²) >= 11 is 0. The van der Waals surface area contributed by atoms with E-state index >= 15 is 0 Å². The second kappa shape index (κ2) is 5.60. The third-order valence-electron chi connectivity index (χ3n) is 3.51. The molecular weight excluding hydrogens is 265 g/mol. The fraction of sp³-hybridized carbons (Fsp3) is 0.118. The summed E-state index contributed by atoms with van der Waals surface area (Å²) in [5.74, 6) is 5.42. The van der Waals surface area contributed by atoms with Crippen molar-refractivity contribution in [3.63, 3.8) is 0 Å². The highest BCUT2D eigenvalue weighted by atomic mass is 19.1. The zero-order chi connectivity index (χ0) is 14.8. The van der Waals surface area contributed by atoms with E-state index in [1.54, 1.807) is 6.20 Å². The third kappa shape index (κ3) is 2.77. The Morgan fingerprint density at radius 1 is 1.10 bits per heavy atom. The van der Waals surface area contributed by atoms with Gasteiger partial charge >= 0.3 is 0 Å². The number of nitrogens with one attached hydrogen (secondary N) is 1. The van der Waals surface area contributed by atoms with Gasteiger partial charge in [-0.15, -0.1) is 0 Å². The van der Waals surface area contributed by atoms with E-state index in [0.717, 1.165) is 27.6 Å². The van der Waals surface area contributed by atoms with Crippen molar-refractivity contribution in [2.24, 2.45) is 5.84 Å². The van der Waals surface area contributed by atoms with Gasteiger partial charge in [0.05, 0.1) is 11.6 Å². The summed E-state index contributed by atoms with van der Waals surface area (Å²) < 4.78 is 13.6. The number of nitrogens with zero attached hydrogens (tertiary/aromatic N) is 1. The molecule has 0 aliphatic rings. The first-order chi connectivity index (χ1) is 10.2. The molecule has 3 rings (SSSR count). The predicted molar refractivity (Wildman–Crippen MR) is 82.0 cm³/mol. The maximum Gasteiger partial charge on any atom is 0.123 e. The van der Waals surface area contributed by atoms with Crippen LogP contribution in [0.25, 0.3) is 10.9 Å². The molecule has 0 saturated carbocycles. The summed E-state index contributed by atoms with van der Waals surface area (Å²) in [7, 11) is 0. The van der Waals surface area contributed by atoms with Crippen LogP contribution in [0.15, 0.2) is 54.7 Å². The van der Waals surface area contributed by atoms with Crippen molar-refractivity contribution in [2.45, 2.75) is 13.0 Å². The highest BCUT2D eigenvalue weighted by Gasteiger charge is 2.14. The smallest absolute Gasteiger partial charge is 0.123 e. The van der Waals surface area contributed by atoms with Gasteiger partial charge in [0.25, 0.3) is 0 Å². The number of aryl methyl sites for hydroxylation is 1. The van der Waals surface area contributed by atoms with Crippen molar-refractivity contribution in [1.82, 2.24) is 10.4 Å². The average Bonchev–Trinajstić information content (AvgIpc) is 2.47. The van der Waals surface area contributed by atoms with E-state index in [0.29, 0.717) is 0 Å². The number of aromatic nitrogens is 1. The zero-order valence-electron chi connectivity index (χ0n) is 11.7. The number of pyridine rings is 1. The van der Waals surface area contributed by atoms with Gasteiger partial charge in [0, 0.05) is 11.6 Å². The minimum Gasteiger partial charge on any atom is -0.271 e. The Hall–Kier alpha value is -2.30. The standard InChI is InChI=1S/C17H16FN3/c1-11-6-13(9-15(18)7-11)17(21-19)14-8-12-4-2-3-5-16(12)20-10-14/h2-10,17,21H,19H2,1H3. The summed E-state index contributed by atoms with van der Waals surface area (Å²) in [6.07, 6.45) is 1.77. The lowest BCUT2D eigenvalue weighted by molar-refractivity contribution is 0.603. The van der Waals surface area contributed by atoms with E-state index in [1.165, 1.54) is 12.1 Å². The quantitative estimate of drug-likeness (QED) is 0.572. The lowest BCUT2D eigenvalue weighted by Crippen LogP contribution is -2.29. The van der Waals surface area contributed by atoms with Crippen LogP contribution in [0.3, 0.4) is 0 Å². The molecule has 3 nitrogen and oxygen atoms in total. The van der Waals surface area contributed by atoms with Crippen LogP contribution >= 0.6 is 0 Å². The first kappa shape index (κ1) is 13.7. The number of para-hydroxylation sites is 1. The van der Waals surface area contributed by atoms with Crippen molar-refractivity contribution >= 4 is 10.9 Å². The first-order valence-electron chi connectivity index (χ1n) is 6.75. The van der Waals surface area contributed by atoms with Crippen molar-refractivity contribution in [3.05, 3.63) is 77.2 Å². The largest absolute Gasteiger partial charge is 0.271 e. The molecule has 3 N–H and O–H groups in total. The molecule has 2 aromatic carbocycles. The second-order valence-corrected chi connectivity index (χ2v) is 5.12. The summed E-state index contributed by atoms with van der Waals surface area (Å²) in [5.41, 5.74) is 6.22. The van der Waals surface area contributed by atoms with Gasteiger partial charge in [-0.25, -0.2) is 9.82 Å². The topological polar surface area (TPSA) is 50.9 Å². The van der Waals surface area contributed by atoms with Gasteiger partial charge in [-0.05, 0) is 47.9 Å². The summed E-state index contributed by atoms with van der Waals surface area (Å²) in [6.45, 7) is 1.86. The molecule has 21 heavy (non-hydrogen) atoms. The van der Waals surface area contributed by atoms with Crippen molar-refractivity contribution in [1.29, 1.82) is 0 Å². The Balaban J connectivity index is 2.08. The van der Waals surface area contributed by atoms with E-state index in [2.05, 4.69) is 10.4 Å². The Labute approximate surface area is 122 Å². The second-order valence-electron chi connectivity index (χ2n) is 5.12. The van der Waals surface area contributed by atoms with E-state index < -0.39 is 0 Å². The van der Waals surface area contributed by atoms with Crippen LogP contribution in [-0.2, 0) is 0 Å². The third-order valence-corrected chi connectivity index (χ3v) is 3.51. The maximum atomic E-state index is 13.6. The first-order valence-corrected chi connectivity index (χ1v) is 6.75. The van der Waals surface area contributed by atoms with Gasteiger partial charge in [0.15, 0.2) is 0 Å². The number of rotatable bonds is 3. The summed E-state index contributed by atoms with van der Waals surface area (Å²) in [6, 6.07) is 14.5. The van der Waals surface area contributed by atoms with E-state index in [9.17, 15) is 4.39 Å². The molecule has 1 heterocycles. The van der Waals surface area contributed by atoms with Crippen LogP contribution in [-0.4, -0.2) is 4.98 Å². The Morgan fingerprint density at radius 3 is 2.67 bits per heavy atom. The van der Waals surface area contributed by atoms with Crippen molar-refractivity contribution in [2.75, 3.05) is 0 Å². The Morgan fingerprint density at radius 2 is 1.90 bits per heavy atom. The van der Waals surface area contributed by atoms with Crippen molar-refractivity contribution in [3.8, 4) is 0 Å². The van der Waals surface area contributed by atoms with Crippen LogP contribution in [0.5, 0.6) is 0 Å². The van der Waals surface area contributed by atoms with E-state index in [1.807, 2.05) is 43.3 Å². The predicted octanol–water partition coefficient (Wildman–Crippen LogP) is 3.24. The molecule has 1 atom stereocenters. The highest BCUT2D eigenvalue weighted by molar-refractivity contribution is 5.79. The summed E-state index contributed by atoms with van der Waals surface area (Å²) in [4.78, 5) is 4.43. The number of fused-ring (bicyclic) bond motifs is 1. The lowest BCUT2D eigenvalue weighted by atomic mass is 9.98. The van der Waals surface area contributed by atoms with Crippen LogP contribution < -0.4 is 11.3 Å². The zero-order valence-corrected chi connectivity index (χ0v) is 11.7. The molecular formula is C17H16FN3. The van der Waals surface area contributed by atoms with Crippen LogP contribution in [0.4, 0.5) is 4.39 Å². The molecule has 106 valence electrons. The molecule has 4 heteroatoms. The molecule has 1 aromatic heterocycles. The van der Waals surface area contributed by atoms with Crippen molar-refractivity contribution < 1.29 is 4.39 Å². The van der Waals surface area contributed by atoms with Crippen LogP contribution in [0, 0.1) is 12.7 Å². The molecule has 0 aliphatic carbocycles. The fourth-order valence-electron chi connectivity index (χ4n) is 2.56. The minimum atomic E-state index is -0.295. The van der Waals surface area contributed by atoms with Gasteiger partial charge in [0.1, 0.15) is 5.82 Å². The number of benzene rings is 2. The molecule has 0 amide bonds. The van der Waals surface area contributed by atoms with Gasteiger partial charge in [-0.1, -0.05) is 24.3 Å². The van der Waals surface area contributed by atoms with E-state index in [-0.39, 0.29) is 11.9 Å². The molecule has 0 saturated heterocycles. The number of hydrogen-bond acceptors (Lipinski definition) is 3. The Kier molecular flexibility index (Phi) is 3.64.